The Labute approximate surface area is 122 Å². The topological polar surface area (TPSA) is 0 Å². The predicted molar refractivity (Wildman–Crippen MR) is 87.3 cm³/mol. The molecule has 0 spiro atoms. The molecule has 0 nitrogen and oxygen atoms in total. The average Bonchev–Trinajstić information content (AvgIpc) is 2.43. The minimum absolute atomic E-state index is 0.527. The molecule has 3 unspecified atom stereocenters. The molecule has 0 radical (unpaired) electrons. The smallest absolute Gasteiger partial charge is 0.00880 e. The summed E-state index contributed by atoms with van der Waals surface area (Å²) in [7, 11) is 0. The van der Waals surface area contributed by atoms with E-state index in [4.69, 9.17) is 0 Å². The summed E-state index contributed by atoms with van der Waals surface area (Å²) in [4.78, 5) is 0. The molecule has 0 heteroatoms. The maximum Gasteiger partial charge on any atom is -0.00880 e. The van der Waals surface area contributed by atoms with Crippen molar-refractivity contribution >= 4 is 0 Å². The van der Waals surface area contributed by atoms with E-state index in [-0.39, 0.29) is 0 Å². The highest BCUT2D eigenvalue weighted by atomic mass is 14.5. The van der Waals surface area contributed by atoms with Crippen molar-refractivity contribution in [1.82, 2.24) is 0 Å². The van der Waals surface area contributed by atoms with Crippen LogP contribution < -0.4 is 0 Å². The van der Waals surface area contributed by atoms with Gasteiger partial charge in [-0.2, -0.15) is 0 Å². The SMILES string of the molecule is CC.CCCC[C@@]1(C)C2=CCC(C)CC2CCC1C. The average molecular weight is 264 g/mol. The molecule has 2 rings (SSSR count). The van der Waals surface area contributed by atoms with Crippen molar-refractivity contribution < 1.29 is 0 Å². The van der Waals surface area contributed by atoms with Crippen molar-refractivity contribution in [3.05, 3.63) is 11.6 Å². The molecule has 112 valence electrons. The van der Waals surface area contributed by atoms with E-state index in [0.29, 0.717) is 5.41 Å². The fourth-order valence-corrected chi connectivity index (χ4v) is 4.17. The van der Waals surface area contributed by atoms with Gasteiger partial charge in [0.15, 0.2) is 0 Å². The predicted octanol–water partition coefficient (Wildman–Crippen LogP) is 6.61. The number of allylic oxidation sites excluding steroid dienone is 2. The monoisotopic (exact) mass is 264 g/mol. The zero-order chi connectivity index (χ0) is 14.5. The van der Waals surface area contributed by atoms with Crippen LogP contribution in [0.3, 0.4) is 0 Å². The maximum atomic E-state index is 2.63. The minimum atomic E-state index is 0.527. The van der Waals surface area contributed by atoms with Crippen LogP contribution in [-0.4, -0.2) is 0 Å². The van der Waals surface area contributed by atoms with Crippen LogP contribution in [0.2, 0.25) is 0 Å². The fourth-order valence-electron chi connectivity index (χ4n) is 4.17. The Kier molecular flexibility index (Phi) is 6.63. The van der Waals surface area contributed by atoms with Gasteiger partial charge in [0.25, 0.3) is 0 Å². The van der Waals surface area contributed by atoms with Crippen LogP contribution in [0.15, 0.2) is 11.6 Å². The summed E-state index contributed by atoms with van der Waals surface area (Å²) in [5.74, 6) is 2.74. The van der Waals surface area contributed by atoms with Gasteiger partial charge in [0.1, 0.15) is 0 Å². The molecule has 0 heterocycles. The van der Waals surface area contributed by atoms with Gasteiger partial charge >= 0.3 is 0 Å². The molecular weight excluding hydrogens is 228 g/mol. The molecule has 2 aliphatic carbocycles. The first-order valence-electron chi connectivity index (χ1n) is 8.78. The molecule has 1 saturated carbocycles. The Balaban J connectivity index is 0.000000861. The molecule has 0 aromatic rings. The fraction of sp³-hybridized carbons (Fsp3) is 0.895. The van der Waals surface area contributed by atoms with Crippen LogP contribution in [0.25, 0.3) is 0 Å². The second kappa shape index (κ2) is 7.50. The number of rotatable bonds is 3. The van der Waals surface area contributed by atoms with E-state index < -0.39 is 0 Å². The third-order valence-electron chi connectivity index (χ3n) is 5.61. The minimum Gasteiger partial charge on any atom is -0.0842 e. The Morgan fingerprint density at radius 3 is 2.53 bits per heavy atom. The van der Waals surface area contributed by atoms with Crippen molar-refractivity contribution in [2.75, 3.05) is 0 Å². The molecule has 2 aliphatic rings. The summed E-state index contributed by atoms with van der Waals surface area (Å²) in [6.07, 6.45) is 12.5. The Morgan fingerprint density at radius 2 is 1.89 bits per heavy atom. The quantitative estimate of drug-likeness (QED) is 0.503. The van der Waals surface area contributed by atoms with E-state index in [1.165, 1.54) is 44.9 Å². The Hall–Kier alpha value is -0.260. The first-order chi connectivity index (χ1) is 9.08. The van der Waals surface area contributed by atoms with Crippen molar-refractivity contribution in [3.63, 3.8) is 0 Å². The van der Waals surface area contributed by atoms with E-state index in [0.717, 1.165) is 17.8 Å². The number of fused-ring (bicyclic) bond motifs is 1. The van der Waals surface area contributed by atoms with Crippen molar-refractivity contribution in [2.24, 2.45) is 23.2 Å². The van der Waals surface area contributed by atoms with Crippen LogP contribution in [0, 0.1) is 23.2 Å². The second-order valence-electron chi connectivity index (χ2n) is 6.93. The molecule has 0 N–H and O–H groups in total. The number of hydrogen-bond acceptors (Lipinski definition) is 0. The van der Waals surface area contributed by atoms with E-state index in [1.54, 1.807) is 0 Å². The summed E-state index contributed by atoms with van der Waals surface area (Å²) >= 11 is 0. The third kappa shape index (κ3) is 3.64. The second-order valence-corrected chi connectivity index (χ2v) is 6.93. The lowest BCUT2D eigenvalue weighted by Crippen LogP contribution is -2.38. The molecule has 0 saturated heterocycles. The van der Waals surface area contributed by atoms with Gasteiger partial charge in [-0.05, 0) is 55.3 Å². The largest absolute Gasteiger partial charge is 0.0842 e. The summed E-state index contributed by atoms with van der Waals surface area (Å²) < 4.78 is 0. The molecule has 0 amide bonds. The van der Waals surface area contributed by atoms with Crippen LogP contribution in [-0.2, 0) is 0 Å². The number of unbranched alkanes of at least 4 members (excludes halogenated alkanes) is 1. The van der Waals surface area contributed by atoms with E-state index in [9.17, 15) is 0 Å². The Bertz CT molecular complexity index is 288. The standard InChI is InChI=1S/C17H30.C2H6/c1-5-6-11-17(4)14(3)8-9-15-12-13(2)7-10-16(15)17;1-2/h10,13-15H,5-9,11-12H2,1-4H3;1-2H3/t13?,14?,15?,17-;/m1./s1. The lowest BCUT2D eigenvalue weighted by atomic mass is 9.56. The van der Waals surface area contributed by atoms with Gasteiger partial charge in [-0.25, -0.2) is 0 Å². The van der Waals surface area contributed by atoms with Gasteiger partial charge in [0.05, 0.1) is 0 Å². The van der Waals surface area contributed by atoms with Crippen molar-refractivity contribution in [1.29, 1.82) is 0 Å². The first kappa shape index (κ1) is 16.8. The molecule has 0 aliphatic heterocycles. The lowest BCUT2D eigenvalue weighted by Gasteiger charge is -2.49. The summed E-state index contributed by atoms with van der Waals surface area (Å²) in [5.41, 5.74) is 2.38. The van der Waals surface area contributed by atoms with E-state index >= 15 is 0 Å². The van der Waals surface area contributed by atoms with Gasteiger partial charge in [-0.3, -0.25) is 0 Å². The van der Waals surface area contributed by atoms with Gasteiger partial charge in [0.2, 0.25) is 0 Å². The highest BCUT2D eigenvalue weighted by Crippen LogP contribution is 2.53. The van der Waals surface area contributed by atoms with Crippen LogP contribution >= 0.6 is 0 Å². The molecule has 1 fully saturated rings. The lowest BCUT2D eigenvalue weighted by molar-refractivity contribution is 0.133. The summed E-state index contributed by atoms with van der Waals surface area (Å²) in [6, 6.07) is 0. The molecule has 0 aromatic carbocycles. The van der Waals surface area contributed by atoms with E-state index in [2.05, 4.69) is 33.8 Å². The number of hydrogen-bond donors (Lipinski definition) is 0. The van der Waals surface area contributed by atoms with Crippen molar-refractivity contribution in [2.45, 2.75) is 86.5 Å². The van der Waals surface area contributed by atoms with Gasteiger partial charge in [-0.1, -0.05) is 66.0 Å². The highest BCUT2D eigenvalue weighted by molar-refractivity contribution is 5.23. The summed E-state index contributed by atoms with van der Waals surface area (Å²) in [6.45, 7) is 13.8. The van der Waals surface area contributed by atoms with E-state index in [1.807, 2.05) is 19.4 Å². The molecule has 4 atom stereocenters. The summed E-state index contributed by atoms with van der Waals surface area (Å²) in [5, 5.41) is 0. The molecule has 19 heavy (non-hydrogen) atoms. The van der Waals surface area contributed by atoms with Crippen LogP contribution in [0.5, 0.6) is 0 Å². The van der Waals surface area contributed by atoms with Gasteiger partial charge in [-0.15, -0.1) is 0 Å². The molecule has 0 aromatic heterocycles. The van der Waals surface area contributed by atoms with Gasteiger partial charge < -0.3 is 0 Å². The van der Waals surface area contributed by atoms with Crippen LogP contribution in [0.1, 0.15) is 86.5 Å². The van der Waals surface area contributed by atoms with Crippen LogP contribution in [0.4, 0.5) is 0 Å². The van der Waals surface area contributed by atoms with Crippen molar-refractivity contribution in [3.8, 4) is 0 Å². The maximum absolute atomic E-state index is 2.63. The highest BCUT2D eigenvalue weighted by Gasteiger charge is 2.42. The van der Waals surface area contributed by atoms with Gasteiger partial charge in [0, 0.05) is 0 Å². The normalized spacial score (nSPS) is 37.8. The molecular formula is C19H36. The zero-order valence-corrected chi connectivity index (χ0v) is 14.3. The first-order valence-corrected chi connectivity index (χ1v) is 8.78. The third-order valence-corrected chi connectivity index (χ3v) is 5.61. The molecule has 0 bridgehead atoms. The zero-order valence-electron chi connectivity index (χ0n) is 14.3. The Morgan fingerprint density at radius 1 is 1.21 bits per heavy atom.